The number of benzene rings is 1. The predicted molar refractivity (Wildman–Crippen MR) is 66.1 cm³/mol. The molecule has 0 radical (unpaired) electrons. The first-order valence-corrected chi connectivity index (χ1v) is 5.90. The fourth-order valence-electron chi connectivity index (χ4n) is 1.76. The van der Waals surface area contributed by atoms with Crippen LogP contribution >= 0.6 is 0 Å². The van der Waals surface area contributed by atoms with Crippen LogP contribution in [0.1, 0.15) is 21.6 Å². The molecule has 2 rings (SSSR count). The Morgan fingerprint density at radius 1 is 1.30 bits per heavy atom. The van der Waals surface area contributed by atoms with Crippen LogP contribution in [-0.2, 0) is 12.6 Å². The molecule has 1 aromatic heterocycles. The van der Waals surface area contributed by atoms with Crippen molar-refractivity contribution in [2.45, 2.75) is 12.6 Å². The van der Waals surface area contributed by atoms with E-state index in [-0.39, 0.29) is 12.1 Å². The van der Waals surface area contributed by atoms with Gasteiger partial charge in [-0.3, -0.25) is 4.79 Å². The summed E-state index contributed by atoms with van der Waals surface area (Å²) in [6.45, 7) is 0.229. The molecule has 0 fully saturated rings. The normalized spacial score (nSPS) is 11.3. The molecule has 2 aromatic rings. The van der Waals surface area contributed by atoms with E-state index in [1.165, 1.54) is 18.5 Å². The van der Waals surface area contributed by atoms with Gasteiger partial charge in [0.15, 0.2) is 0 Å². The molecule has 20 heavy (non-hydrogen) atoms. The zero-order valence-corrected chi connectivity index (χ0v) is 10.4. The number of halogens is 3. The molecule has 0 aliphatic rings. The first-order valence-electron chi connectivity index (χ1n) is 5.90. The third-order valence-corrected chi connectivity index (χ3v) is 2.71. The molecule has 7 heteroatoms. The largest absolute Gasteiger partial charge is 0.417 e. The Hall–Kier alpha value is -2.31. The Morgan fingerprint density at radius 3 is 2.70 bits per heavy atom. The summed E-state index contributed by atoms with van der Waals surface area (Å²) < 4.78 is 38.3. The molecule has 0 saturated heterocycles. The molecule has 4 nitrogen and oxygen atoms in total. The van der Waals surface area contributed by atoms with Crippen molar-refractivity contribution in [3.63, 3.8) is 0 Å². The van der Waals surface area contributed by atoms with Crippen molar-refractivity contribution in [3.8, 4) is 0 Å². The highest BCUT2D eigenvalue weighted by molar-refractivity contribution is 5.95. The lowest BCUT2D eigenvalue weighted by Crippen LogP contribution is -2.28. The van der Waals surface area contributed by atoms with E-state index in [9.17, 15) is 18.0 Å². The molecule has 1 aromatic carbocycles. The standard InChI is InChI=1S/C13H12F3N3O/c14-13(15,16)11-4-2-1-3-10(11)12(20)18-6-5-9-7-17-8-19-9/h1-4,7-8H,5-6H2,(H,17,19)(H,18,20). The van der Waals surface area contributed by atoms with Crippen LogP contribution in [0.2, 0.25) is 0 Å². The summed E-state index contributed by atoms with van der Waals surface area (Å²) >= 11 is 0. The summed E-state index contributed by atoms with van der Waals surface area (Å²) in [7, 11) is 0. The number of alkyl halides is 3. The van der Waals surface area contributed by atoms with Crippen molar-refractivity contribution in [1.29, 1.82) is 0 Å². The molecule has 0 unspecified atom stereocenters. The zero-order chi connectivity index (χ0) is 14.6. The maximum absolute atomic E-state index is 12.8. The molecule has 0 aliphatic carbocycles. The minimum absolute atomic E-state index is 0.229. The molecule has 0 spiro atoms. The fraction of sp³-hybridized carbons (Fsp3) is 0.231. The lowest BCUT2D eigenvalue weighted by Gasteiger charge is -2.12. The summed E-state index contributed by atoms with van der Waals surface area (Å²) in [6.07, 6.45) is -0.983. The van der Waals surface area contributed by atoms with Gasteiger partial charge in [-0.15, -0.1) is 0 Å². The number of nitrogens with zero attached hydrogens (tertiary/aromatic N) is 1. The van der Waals surface area contributed by atoms with Gasteiger partial charge in [0, 0.05) is 24.9 Å². The molecular formula is C13H12F3N3O. The van der Waals surface area contributed by atoms with Gasteiger partial charge in [-0.25, -0.2) is 4.98 Å². The Bertz CT molecular complexity index is 579. The van der Waals surface area contributed by atoms with Crippen molar-refractivity contribution in [2.75, 3.05) is 6.54 Å². The van der Waals surface area contributed by atoms with Crippen LogP contribution in [0.5, 0.6) is 0 Å². The zero-order valence-electron chi connectivity index (χ0n) is 10.4. The first-order chi connectivity index (χ1) is 9.48. The molecule has 0 saturated carbocycles. The van der Waals surface area contributed by atoms with E-state index in [0.29, 0.717) is 6.42 Å². The number of nitrogens with one attached hydrogen (secondary N) is 2. The van der Waals surface area contributed by atoms with E-state index in [1.807, 2.05) is 0 Å². The molecule has 0 bridgehead atoms. The number of hydrogen-bond acceptors (Lipinski definition) is 2. The molecule has 106 valence electrons. The number of hydrogen-bond donors (Lipinski definition) is 2. The van der Waals surface area contributed by atoms with Crippen LogP contribution in [0, 0.1) is 0 Å². The number of aromatic nitrogens is 2. The van der Waals surface area contributed by atoms with Crippen molar-refractivity contribution < 1.29 is 18.0 Å². The lowest BCUT2D eigenvalue weighted by molar-refractivity contribution is -0.137. The van der Waals surface area contributed by atoms with Gasteiger partial charge in [-0.2, -0.15) is 13.2 Å². The Morgan fingerprint density at radius 2 is 2.05 bits per heavy atom. The van der Waals surface area contributed by atoms with Gasteiger partial charge in [0.25, 0.3) is 5.91 Å². The van der Waals surface area contributed by atoms with E-state index in [4.69, 9.17) is 0 Å². The van der Waals surface area contributed by atoms with Crippen LogP contribution < -0.4 is 5.32 Å². The van der Waals surface area contributed by atoms with Crippen LogP contribution in [0.25, 0.3) is 0 Å². The van der Waals surface area contributed by atoms with Gasteiger partial charge in [0.05, 0.1) is 17.5 Å². The van der Waals surface area contributed by atoms with E-state index in [0.717, 1.165) is 17.8 Å². The minimum atomic E-state index is -4.54. The average molecular weight is 283 g/mol. The second-order valence-corrected chi connectivity index (χ2v) is 4.13. The highest BCUT2D eigenvalue weighted by atomic mass is 19.4. The maximum atomic E-state index is 12.8. The van der Waals surface area contributed by atoms with Crippen molar-refractivity contribution in [1.82, 2.24) is 15.3 Å². The average Bonchev–Trinajstić information content (AvgIpc) is 2.91. The number of H-pyrrole nitrogens is 1. The van der Waals surface area contributed by atoms with Gasteiger partial charge in [-0.05, 0) is 12.1 Å². The van der Waals surface area contributed by atoms with Crippen molar-refractivity contribution in [2.24, 2.45) is 0 Å². The van der Waals surface area contributed by atoms with Gasteiger partial charge in [0.2, 0.25) is 0 Å². The highest BCUT2D eigenvalue weighted by Crippen LogP contribution is 2.31. The smallest absolute Gasteiger partial charge is 0.352 e. The quantitative estimate of drug-likeness (QED) is 0.905. The summed E-state index contributed by atoms with van der Waals surface area (Å²) in [5.74, 6) is -0.738. The first kappa shape index (κ1) is 14.1. The minimum Gasteiger partial charge on any atom is -0.352 e. The van der Waals surface area contributed by atoms with Crippen LogP contribution in [0.3, 0.4) is 0 Å². The predicted octanol–water partition coefficient (Wildman–Crippen LogP) is 2.40. The number of carbonyl (C=O) groups excluding carboxylic acids is 1. The van der Waals surface area contributed by atoms with E-state index < -0.39 is 17.6 Å². The number of carbonyl (C=O) groups is 1. The maximum Gasteiger partial charge on any atom is 0.417 e. The monoisotopic (exact) mass is 283 g/mol. The van der Waals surface area contributed by atoms with Crippen molar-refractivity contribution in [3.05, 3.63) is 53.6 Å². The van der Waals surface area contributed by atoms with Crippen LogP contribution in [0.15, 0.2) is 36.8 Å². The van der Waals surface area contributed by atoms with Gasteiger partial charge in [0.1, 0.15) is 0 Å². The highest BCUT2D eigenvalue weighted by Gasteiger charge is 2.34. The molecule has 0 atom stereocenters. The summed E-state index contributed by atoms with van der Waals surface area (Å²) in [6, 6.07) is 4.71. The van der Waals surface area contributed by atoms with E-state index in [1.54, 1.807) is 6.20 Å². The van der Waals surface area contributed by atoms with Gasteiger partial charge < -0.3 is 10.3 Å². The fourth-order valence-corrected chi connectivity index (χ4v) is 1.76. The molecule has 2 N–H and O–H groups in total. The Kier molecular flexibility index (Phi) is 4.07. The second kappa shape index (κ2) is 5.77. The third kappa shape index (κ3) is 3.37. The lowest BCUT2D eigenvalue weighted by atomic mass is 10.1. The number of rotatable bonds is 4. The Balaban J connectivity index is 2.02. The van der Waals surface area contributed by atoms with Crippen LogP contribution in [-0.4, -0.2) is 22.4 Å². The van der Waals surface area contributed by atoms with Crippen LogP contribution in [0.4, 0.5) is 13.2 Å². The van der Waals surface area contributed by atoms with Gasteiger partial charge in [-0.1, -0.05) is 12.1 Å². The summed E-state index contributed by atoms with van der Waals surface area (Å²) in [5, 5.41) is 2.46. The van der Waals surface area contributed by atoms with E-state index in [2.05, 4.69) is 15.3 Å². The third-order valence-electron chi connectivity index (χ3n) is 2.71. The topological polar surface area (TPSA) is 57.8 Å². The number of aromatic amines is 1. The van der Waals surface area contributed by atoms with Gasteiger partial charge >= 0.3 is 6.18 Å². The summed E-state index contributed by atoms with van der Waals surface area (Å²) in [5.41, 5.74) is -0.502. The molecule has 1 heterocycles. The molecule has 0 aliphatic heterocycles. The summed E-state index contributed by atoms with van der Waals surface area (Å²) in [4.78, 5) is 18.5. The molecule has 1 amide bonds. The SMILES string of the molecule is O=C(NCCc1cnc[nH]1)c1ccccc1C(F)(F)F. The number of amides is 1. The Labute approximate surface area is 113 Å². The molecular weight excluding hydrogens is 271 g/mol. The van der Waals surface area contributed by atoms with E-state index >= 15 is 0 Å². The number of imidazole rings is 1. The second-order valence-electron chi connectivity index (χ2n) is 4.13. The van der Waals surface area contributed by atoms with Crippen molar-refractivity contribution >= 4 is 5.91 Å².